The number of hydrogen-bond donors (Lipinski definition) is 2. The van der Waals surface area contributed by atoms with E-state index in [1.54, 1.807) is 0 Å². The zero-order valence-electron chi connectivity index (χ0n) is 11.0. The highest BCUT2D eigenvalue weighted by Gasteiger charge is 2.16. The topological polar surface area (TPSA) is 41.1 Å². The van der Waals surface area contributed by atoms with Crippen LogP contribution in [0.1, 0.15) is 43.5 Å². The molecule has 1 heterocycles. The first-order valence-electron chi connectivity index (χ1n) is 6.20. The third-order valence-corrected chi connectivity index (χ3v) is 4.11. The van der Waals surface area contributed by atoms with Gasteiger partial charge in [0.25, 0.3) is 0 Å². The van der Waals surface area contributed by atoms with Gasteiger partial charge in [-0.25, -0.2) is 0 Å². The van der Waals surface area contributed by atoms with Crippen molar-refractivity contribution in [2.45, 2.75) is 46.2 Å². The second-order valence-corrected chi connectivity index (χ2v) is 5.36. The first-order chi connectivity index (χ1) is 8.08. The van der Waals surface area contributed by atoms with Crippen molar-refractivity contribution in [3.63, 3.8) is 0 Å². The van der Waals surface area contributed by atoms with Crippen LogP contribution in [-0.4, -0.2) is 18.5 Å². The molecule has 0 spiro atoms. The number of carbonyl (C=O) groups is 1. The molecule has 3 nitrogen and oxygen atoms in total. The number of carbonyl (C=O) groups excluding carboxylic acids is 1. The number of rotatable bonds is 6. The van der Waals surface area contributed by atoms with E-state index in [2.05, 4.69) is 36.6 Å². The van der Waals surface area contributed by atoms with Crippen LogP contribution in [0.3, 0.4) is 0 Å². The third-order valence-electron chi connectivity index (χ3n) is 2.70. The van der Waals surface area contributed by atoms with E-state index in [9.17, 15) is 4.79 Å². The predicted molar refractivity (Wildman–Crippen MR) is 73.4 cm³/mol. The second-order valence-electron chi connectivity index (χ2n) is 4.16. The molecule has 96 valence electrons. The summed E-state index contributed by atoms with van der Waals surface area (Å²) in [5.41, 5.74) is 0. The molecule has 1 aromatic rings. The average molecular weight is 254 g/mol. The van der Waals surface area contributed by atoms with E-state index in [0.29, 0.717) is 6.54 Å². The van der Waals surface area contributed by atoms with Gasteiger partial charge in [-0.15, -0.1) is 11.3 Å². The number of thiophene rings is 1. The van der Waals surface area contributed by atoms with Gasteiger partial charge in [0, 0.05) is 22.3 Å². The van der Waals surface area contributed by atoms with E-state index in [4.69, 9.17) is 0 Å². The van der Waals surface area contributed by atoms with Crippen LogP contribution in [0.25, 0.3) is 0 Å². The summed E-state index contributed by atoms with van der Waals surface area (Å²) in [5, 5.41) is 6.14. The Morgan fingerprint density at radius 3 is 2.59 bits per heavy atom. The Labute approximate surface area is 108 Å². The lowest BCUT2D eigenvalue weighted by Gasteiger charge is -2.18. The maximum Gasteiger partial charge on any atom is 0.236 e. The van der Waals surface area contributed by atoms with Gasteiger partial charge in [-0.2, -0.15) is 0 Å². The molecule has 1 rings (SSSR count). The number of nitrogens with one attached hydrogen (secondary N) is 2. The van der Waals surface area contributed by atoms with Gasteiger partial charge in [-0.3, -0.25) is 10.1 Å². The minimum Gasteiger partial charge on any atom is -0.355 e. The Morgan fingerprint density at radius 2 is 2.06 bits per heavy atom. The molecular weight excluding hydrogens is 232 g/mol. The summed E-state index contributed by atoms with van der Waals surface area (Å²) in [7, 11) is 0. The van der Waals surface area contributed by atoms with Crippen molar-refractivity contribution in [3.8, 4) is 0 Å². The van der Waals surface area contributed by atoms with E-state index in [0.717, 1.165) is 6.42 Å². The van der Waals surface area contributed by atoms with Crippen LogP contribution in [0, 0.1) is 0 Å². The molecule has 2 unspecified atom stereocenters. The number of amides is 1. The van der Waals surface area contributed by atoms with Gasteiger partial charge >= 0.3 is 0 Å². The Morgan fingerprint density at radius 1 is 1.35 bits per heavy atom. The van der Waals surface area contributed by atoms with Gasteiger partial charge in [0.2, 0.25) is 5.91 Å². The van der Waals surface area contributed by atoms with Gasteiger partial charge in [-0.1, -0.05) is 6.92 Å². The lowest BCUT2D eigenvalue weighted by molar-refractivity contribution is -0.122. The van der Waals surface area contributed by atoms with Crippen molar-refractivity contribution in [2.24, 2.45) is 0 Å². The van der Waals surface area contributed by atoms with Crippen molar-refractivity contribution in [3.05, 3.63) is 21.9 Å². The van der Waals surface area contributed by atoms with Crippen molar-refractivity contribution in [1.29, 1.82) is 0 Å². The Kier molecular flexibility index (Phi) is 5.65. The van der Waals surface area contributed by atoms with Crippen molar-refractivity contribution in [1.82, 2.24) is 10.6 Å². The highest BCUT2D eigenvalue weighted by atomic mass is 32.1. The molecule has 0 aliphatic rings. The quantitative estimate of drug-likeness (QED) is 0.819. The summed E-state index contributed by atoms with van der Waals surface area (Å²) in [4.78, 5) is 14.3. The SMILES string of the molecule is CCNC(=O)C(C)NC(C)c1ccc(CC)s1. The summed E-state index contributed by atoms with van der Waals surface area (Å²) in [6, 6.07) is 4.37. The minimum atomic E-state index is -0.155. The largest absolute Gasteiger partial charge is 0.355 e. The normalized spacial score (nSPS) is 14.4. The van der Waals surface area contributed by atoms with Crippen molar-refractivity contribution in [2.75, 3.05) is 6.54 Å². The molecule has 1 aromatic heterocycles. The summed E-state index contributed by atoms with van der Waals surface area (Å²) < 4.78 is 0. The summed E-state index contributed by atoms with van der Waals surface area (Å²) in [5.74, 6) is 0.0617. The maximum atomic E-state index is 11.6. The highest BCUT2D eigenvalue weighted by Crippen LogP contribution is 2.23. The Balaban J connectivity index is 2.53. The second kappa shape index (κ2) is 6.77. The van der Waals surface area contributed by atoms with Gasteiger partial charge in [0.15, 0.2) is 0 Å². The van der Waals surface area contributed by atoms with Crippen LogP contribution in [0.4, 0.5) is 0 Å². The molecule has 1 amide bonds. The third kappa shape index (κ3) is 4.13. The summed E-state index contributed by atoms with van der Waals surface area (Å²) in [6.45, 7) is 8.76. The summed E-state index contributed by atoms with van der Waals surface area (Å²) >= 11 is 1.81. The minimum absolute atomic E-state index is 0.0617. The lowest BCUT2D eigenvalue weighted by atomic mass is 10.2. The van der Waals surface area contributed by atoms with E-state index >= 15 is 0 Å². The fourth-order valence-corrected chi connectivity index (χ4v) is 2.64. The predicted octanol–water partition coefficient (Wildman–Crippen LogP) is 2.49. The van der Waals surface area contributed by atoms with Crippen LogP contribution in [0.15, 0.2) is 12.1 Å². The molecule has 0 saturated heterocycles. The van der Waals surface area contributed by atoms with Crippen LogP contribution in [-0.2, 0) is 11.2 Å². The summed E-state index contributed by atoms with van der Waals surface area (Å²) in [6.07, 6.45) is 1.07. The van der Waals surface area contributed by atoms with E-state index in [1.807, 2.05) is 25.2 Å². The maximum absolute atomic E-state index is 11.6. The van der Waals surface area contributed by atoms with E-state index in [-0.39, 0.29) is 18.0 Å². The average Bonchev–Trinajstić information content (AvgIpc) is 2.77. The molecule has 0 aliphatic carbocycles. The van der Waals surface area contributed by atoms with Gasteiger partial charge in [0.05, 0.1) is 6.04 Å². The van der Waals surface area contributed by atoms with Crippen LogP contribution >= 0.6 is 11.3 Å². The molecule has 2 N–H and O–H groups in total. The van der Waals surface area contributed by atoms with Crippen LogP contribution in [0.5, 0.6) is 0 Å². The lowest BCUT2D eigenvalue weighted by Crippen LogP contribution is -2.42. The van der Waals surface area contributed by atoms with Gasteiger partial charge in [0.1, 0.15) is 0 Å². The number of likely N-dealkylation sites (N-methyl/N-ethyl adjacent to an activating group) is 1. The smallest absolute Gasteiger partial charge is 0.236 e. The van der Waals surface area contributed by atoms with E-state index < -0.39 is 0 Å². The monoisotopic (exact) mass is 254 g/mol. The van der Waals surface area contributed by atoms with Crippen LogP contribution in [0.2, 0.25) is 0 Å². The van der Waals surface area contributed by atoms with Crippen molar-refractivity contribution >= 4 is 17.2 Å². The first-order valence-corrected chi connectivity index (χ1v) is 7.02. The molecule has 2 atom stereocenters. The molecule has 0 radical (unpaired) electrons. The Hall–Kier alpha value is -0.870. The molecular formula is C13H22N2OS. The fraction of sp³-hybridized carbons (Fsp3) is 0.615. The first kappa shape index (κ1) is 14.2. The zero-order chi connectivity index (χ0) is 12.8. The van der Waals surface area contributed by atoms with E-state index in [1.165, 1.54) is 9.75 Å². The van der Waals surface area contributed by atoms with Crippen LogP contribution < -0.4 is 10.6 Å². The Bertz CT molecular complexity index is 362. The number of hydrogen-bond acceptors (Lipinski definition) is 3. The molecule has 0 aliphatic heterocycles. The van der Waals surface area contributed by atoms with Crippen molar-refractivity contribution < 1.29 is 4.79 Å². The number of aryl methyl sites for hydroxylation is 1. The standard InChI is InChI=1S/C13H22N2OS/c1-5-11-7-8-12(17-11)9(3)15-10(4)13(16)14-6-2/h7-10,15H,5-6H2,1-4H3,(H,14,16). The zero-order valence-corrected chi connectivity index (χ0v) is 11.9. The van der Waals surface area contributed by atoms with Gasteiger partial charge in [-0.05, 0) is 39.3 Å². The molecule has 17 heavy (non-hydrogen) atoms. The van der Waals surface area contributed by atoms with Gasteiger partial charge < -0.3 is 5.32 Å². The molecule has 0 bridgehead atoms. The molecule has 0 aromatic carbocycles. The molecule has 0 saturated carbocycles. The highest BCUT2D eigenvalue weighted by molar-refractivity contribution is 7.12. The molecule has 0 fully saturated rings. The fourth-order valence-electron chi connectivity index (χ4n) is 1.68. The molecule has 4 heteroatoms.